The molecule has 21 heteroatoms. The Bertz CT molecular complexity index is 2850. The number of anilines is 3. The number of nitrogens with one attached hydrogen (secondary N) is 3. The van der Waals surface area contributed by atoms with E-state index in [1.165, 1.54) is 37.5 Å². The summed E-state index contributed by atoms with van der Waals surface area (Å²) in [5.74, 6) is -1.55. The maximum absolute atomic E-state index is 13.8. The number of ether oxygens (including phenoxy) is 2. The van der Waals surface area contributed by atoms with Crippen molar-refractivity contribution >= 4 is 69.0 Å². The smallest absolute Gasteiger partial charge is 0.276 e. The third kappa shape index (κ3) is 11.5. The first kappa shape index (κ1) is 48.8. The number of amides is 4. The summed E-state index contributed by atoms with van der Waals surface area (Å²) in [7, 11) is 3.26. The molecule has 0 aliphatic carbocycles. The normalized spacial score (nSPS) is 11.9. The highest BCUT2D eigenvalue weighted by molar-refractivity contribution is 6.47. The molecule has 0 radical (unpaired) electrons. The number of allylic oxidation sites excluding steroid dienone is 4. The van der Waals surface area contributed by atoms with Gasteiger partial charge in [0, 0.05) is 56.2 Å². The number of aryl methyl sites for hydroxylation is 2. The van der Waals surface area contributed by atoms with E-state index < -0.39 is 23.6 Å². The van der Waals surface area contributed by atoms with Gasteiger partial charge in [-0.2, -0.15) is 10.2 Å². The molecule has 6 aromatic rings. The van der Waals surface area contributed by atoms with E-state index in [-0.39, 0.29) is 59.9 Å². The molecule has 4 heterocycles. The largest absolute Gasteiger partial charge is 0.494 e. The lowest BCUT2D eigenvalue weighted by atomic mass is 10.1. The first-order chi connectivity index (χ1) is 31.7. The second-order valence-corrected chi connectivity index (χ2v) is 14.3. The Morgan fingerprint density at radius 3 is 1.95 bits per heavy atom. The van der Waals surface area contributed by atoms with Crippen molar-refractivity contribution in [1.29, 1.82) is 0 Å². The number of nitrogens with zero attached hydrogens (tertiary/aromatic N) is 9. The lowest BCUT2D eigenvalue weighted by Crippen LogP contribution is -2.24. The Kier molecular flexibility index (Phi) is 16.6. The Labute approximate surface area is 381 Å². The summed E-state index contributed by atoms with van der Waals surface area (Å²) in [6, 6.07) is 7.75. The summed E-state index contributed by atoms with van der Waals surface area (Å²) in [5.41, 5.74) is 21.5. The predicted octanol–water partition coefficient (Wildman–Crippen LogP) is 4.79. The minimum Gasteiger partial charge on any atom is -0.494 e. The van der Waals surface area contributed by atoms with Gasteiger partial charge in [-0.3, -0.25) is 44.2 Å². The summed E-state index contributed by atoms with van der Waals surface area (Å²) in [4.78, 5) is 65.8. The molecule has 0 fully saturated rings. The van der Waals surface area contributed by atoms with Crippen LogP contribution in [0.25, 0.3) is 22.1 Å². The van der Waals surface area contributed by atoms with Gasteiger partial charge >= 0.3 is 0 Å². The molecule has 0 unspecified atom stereocenters. The molecule has 348 valence electrons. The zero-order chi connectivity index (χ0) is 48.1. The van der Waals surface area contributed by atoms with Crippen LogP contribution in [0.1, 0.15) is 71.5 Å². The van der Waals surface area contributed by atoms with Gasteiger partial charge < -0.3 is 41.1 Å². The number of carbonyl (C=O) groups excluding carboxylic acids is 4. The molecule has 0 saturated carbocycles. The average Bonchev–Trinajstić information content (AvgIpc) is 4.08. The maximum atomic E-state index is 13.8. The van der Waals surface area contributed by atoms with Crippen molar-refractivity contribution in [2.75, 3.05) is 43.3 Å². The zero-order valence-corrected chi connectivity index (χ0v) is 38.4. The molecule has 0 spiro atoms. The fourth-order valence-electron chi connectivity index (χ4n) is 6.77. The molecule has 0 aliphatic rings. The van der Waals surface area contributed by atoms with Crippen LogP contribution in [0.3, 0.4) is 0 Å². The minimum absolute atomic E-state index is 0.0918. The van der Waals surface area contributed by atoms with E-state index in [2.05, 4.69) is 36.1 Å². The first-order valence-electron chi connectivity index (χ1n) is 21.3. The van der Waals surface area contributed by atoms with Gasteiger partial charge in [0.2, 0.25) is 23.7 Å². The van der Waals surface area contributed by atoms with Gasteiger partial charge in [0.25, 0.3) is 11.8 Å². The number of nitrogens with two attached hydrogens (primary N) is 3. The molecule has 4 aromatic heterocycles. The van der Waals surface area contributed by atoms with Gasteiger partial charge in [0.15, 0.2) is 0 Å². The van der Waals surface area contributed by atoms with E-state index in [0.717, 1.165) is 5.69 Å². The SMILES string of the molecule is CC.CCN=C(/C=C(/C)N)C(=O)Nc1nc2cc(C(N)=O)cc(OC)c2n1C/C=C/Cn1c(NC(=O)c2cc(C)nn2CC)nc2cc(C(N)=O)cc(OC/C=C/Cn3cc(NC)cn3)c21. The van der Waals surface area contributed by atoms with Crippen molar-refractivity contribution in [3.63, 3.8) is 0 Å². The lowest BCUT2D eigenvalue weighted by molar-refractivity contribution is -0.110. The van der Waals surface area contributed by atoms with Crippen LogP contribution >= 0.6 is 0 Å². The van der Waals surface area contributed by atoms with Crippen molar-refractivity contribution < 1.29 is 28.7 Å². The van der Waals surface area contributed by atoms with Crippen LogP contribution in [0.4, 0.5) is 17.6 Å². The fourth-order valence-corrected chi connectivity index (χ4v) is 6.77. The highest BCUT2D eigenvalue weighted by Gasteiger charge is 2.23. The van der Waals surface area contributed by atoms with E-state index in [4.69, 9.17) is 31.7 Å². The molecular formula is C45H57N15O6. The molecule has 66 heavy (non-hydrogen) atoms. The van der Waals surface area contributed by atoms with Gasteiger partial charge in [-0.1, -0.05) is 32.1 Å². The third-order valence-electron chi connectivity index (χ3n) is 9.67. The summed E-state index contributed by atoms with van der Waals surface area (Å²) in [6.07, 6.45) is 12.4. The maximum Gasteiger partial charge on any atom is 0.276 e. The second-order valence-electron chi connectivity index (χ2n) is 14.3. The summed E-state index contributed by atoms with van der Waals surface area (Å²) in [5, 5.41) is 17.5. The minimum atomic E-state index is -0.695. The highest BCUT2D eigenvalue weighted by atomic mass is 16.5. The second kappa shape index (κ2) is 22.4. The zero-order valence-electron chi connectivity index (χ0n) is 38.4. The fraction of sp³-hybridized carbons (Fsp3) is 0.311. The Morgan fingerprint density at radius 1 is 0.818 bits per heavy atom. The lowest BCUT2D eigenvalue weighted by Gasteiger charge is -2.13. The molecule has 0 saturated heterocycles. The molecule has 21 nitrogen and oxygen atoms in total. The predicted molar refractivity (Wildman–Crippen MR) is 255 cm³/mol. The molecule has 2 aromatic carbocycles. The number of aliphatic imine (C=N–C) groups is 1. The number of imidazole rings is 2. The van der Waals surface area contributed by atoms with Gasteiger partial charge in [0.1, 0.15) is 40.5 Å². The van der Waals surface area contributed by atoms with Crippen molar-refractivity contribution in [2.45, 2.75) is 67.7 Å². The van der Waals surface area contributed by atoms with Crippen LogP contribution < -0.4 is 42.6 Å². The number of methoxy groups -OCH3 is 1. The van der Waals surface area contributed by atoms with Crippen LogP contribution in [0.2, 0.25) is 0 Å². The molecule has 0 bridgehead atoms. The van der Waals surface area contributed by atoms with Crippen LogP contribution in [0, 0.1) is 6.92 Å². The molecular weight excluding hydrogens is 847 g/mol. The van der Waals surface area contributed by atoms with Crippen molar-refractivity contribution in [3.05, 3.63) is 101 Å². The van der Waals surface area contributed by atoms with E-state index in [1.54, 1.807) is 51.5 Å². The number of benzene rings is 2. The monoisotopic (exact) mass is 903 g/mol. The van der Waals surface area contributed by atoms with Crippen LogP contribution in [-0.2, 0) is 31.0 Å². The Morgan fingerprint density at radius 2 is 1.41 bits per heavy atom. The van der Waals surface area contributed by atoms with Gasteiger partial charge in [0.05, 0.1) is 42.3 Å². The standard InChI is InChI=1S/C43H51N15O6.C2H6/c1-7-48-32(17-25(3)44)40(61)52-42-50-30-19-27(38(45)59)21-34(63-6)36(30)56(42)14-9-10-15-57-37-31(51-43(57)53-41(62)33-18-26(4)54-58(33)8-2)20-28(39(46)60)22-35(37)64-16-12-11-13-55-24-29(47-5)23-49-55;1-2/h9-12,17-24,47H,7-8,13-16,44H2,1-6H3,(H2,45,59)(H2,46,60)(H,50,52,61)(H,51,53,62);1-2H3/b10-9+,12-11+,25-17-,48-32?;. The number of primary amides is 2. The highest BCUT2D eigenvalue weighted by Crippen LogP contribution is 2.33. The number of hydrogen-bond donors (Lipinski definition) is 6. The number of rotatable bonds is 20. The number of carbonyl (C=O) groups is 4. The molecule has 6 rings (SSSR count). The van der Waals surface area contributed by atoms with Gasteiger partial charge in [-0.15, -0.1) is 0 Å². The third-order valence-corrected chi connectivity index (χ3v) is 9.67. The van der Waals surface area contributed by atoms with Crippen molar-refractivity contribution in [3.8, 4) is 11.5 Å². The Hall–Kier alpha value is -8.23. The molecule has 0 aliphatic heterocycles. The molecule has 4 amide bonds. The van der Waals surface area contributed by atoms with Gasteiger partial charge in [-0.05, 0) is 70.2 Å². The Balaban J connectivity index is 0.00000403. The quantitative estimate of drug-likeness (QED) is 0.0446. The van der Waals surface area contributed by atoms with Gasteiger partial charge in [-0.25, -0.2) is 9.97 Å². The molecule has 9 N–H and O–H groups in total. The van der Waals surface area contributed by atoms with Crippen molar-refractivity contribution in [1.82, 2.24) is 38.7 Å². The topological polar surface area (TPSA) is 285 Å². The average molecular weight is 904 g/mol. The van der Waals surface area contributed by atoms with Crippen LogP contribution in [0.15, 0.2) is 83.8 Å². The molecule has 0 atom stereocenters. The van der Waals surface area contributed by atoms with E-state index >= 15 is 0 Å². The van der Waals surface area contributed by atoms with Crippen molar-refractivity contribution in [2.24, 2.45) is 22.2 Å². The van der Waals surface area contributed by atoms with Crippen LogP contribution in [-0.4, -0.2) is 95.3 Å². The van der Waals surface area contributed by atoms with E-state index in [9.17, 15) is 19.2 Å². The van der Waals surface area contributed by atoms with E-state index in [1.807, 2.05) is 58.3 Å². The first-order valence-corrected chi connectivity index (χ1v) is 21.3. The summed E-state index contributed by atoms with van der Waals surface area (Å²) in [6.45, 7) is 12.7. The summed E-state index contributed by atoms with van der Waals surface area (Å²) >= 11 is 0. The number of aromatic nitrogens is 8. The van der Waals surface area contributed by atoms with E-state index in [0.29, 0.717) is 58.8 Å². The number of fused-ring (bicyclic) bond motifs is 2. The number of hydrogen-bond acceptors (Lipinski definition) is 13. The van der Waals surface area contributed by atoms with Crippen LogP contribution in [0.5, 0.6) is 11.5 Å². The summed E-state index contributed by atoms with van der Waals surface area (Å²) < 4.78 is 18.7.